The molecule has 0 aromatic rings. The summed E-state index contributed by atoms with van der Waals surface area (Å²) in [5.41, 5.74) is -0.422. The Morgan fingerprint density at radius 2 is 1.94 bits per heavy atom. The van der Waals surface area contributed by atoms with Crippen LogP contribution in [0.2, 0.25) is 0 Å². The second kappa shape index (κ2) is 4.47. The zero-order chi connectivity index (χ0) is 12.3. The zero-order valence-corrected chi connectivity index (χ0v) is 7.91. The van der Waals surface area contributed by atoms with E-state index >= 15 is 0 Å². The monoisotopic (exact) mass is 228 g/mol. The number of esters is 1. The maximum Gasteiger partial charge on any atom is 0.418 e. The Balaban J connectivity index is 2.85. The van der Waals surface area contributed by atoms with Gasteiger partial charge in [-0.3, -0.25) is 0 Å². The van der Waals surface area contributed by atoms with Crippen LogP contribution in [0.25, 0.3) is 0 Å². The molecule has 0 aromatic heterocycles. The third-order valence-electron chi connectivity index (χ3n) is 1.87. The van der Waals surface area contributed by atoms with Crippen molar-refractivity contribution < 1.29 is 34.4 Å². The van der Waals surface area contributed by atoms with Crippen molar-refractivity contribution in [2.24, 2.45) is 0 Å². The molecule has 16 heavy (non-hydrogen) atoms. The van der Waals surface area contributed by atoms with Crippen molar-refractivity contribution in [3.05, 3.63) is 23.5 Å². The van der Waals surface area contributed by atoms with Gasteiger partial charge in [-0.25, -0.2) is 14.4 Å². The SMILES string of the molecule is O=C(O)C(=O)O[C@H]1CC=CC(C(=O)O)=C1O. The molecule has 0 saturated heterocycles. The summed E-state index contributed by atoms with van der Waals surface area (Å²) in [6.45, 7) is 0. The van der Waals surface area contributed by atoms with Crippen molar-refractivity contribution >= 4 is 17.9 Å². The molecule has 0 saturated carbocycles. The molecule has 1 rings (SSSR count). The van der Waals surface area contributed by atoms with Gasteiger partial charge in [0.15, 0.2) is 6.10 Å². The van der Waals surface area contributed by atoms with Crippen LogP contribution in [0.15, 0.2) is 23.5 Å². The Kier molecular flexibility index (Phi) is 3.29. The molecule has 7 nitrogen and oxygen atoms in total. The molecule has 0 aliphatic heterocycles. The van der Waals surface area contributed by atoms with Gasteiger partial charge in [-0.05, 0) is 6.08 Å². The van der Waals surface area contributed by atoms with Crippen molar-refractivity contribution in [3.8, 4) is 0 Å². The lowest BCUT2D eigenvalue weighted by atomic mass is 10.0. The minimum Gasteiger partial charge on any atom is -0.507 e. The largest absolute Gasteiger partial charge is 0.507 e. The second-order valence-electron chi connectivity index (χ2n) is 2.94. The zero-order valence-electron chi connectivity index (χ0n) is 7.91. The Morgan fingerprint density at radius 3 is 2.44 bits per heavy atom. The number of hydrogen-bond donors (Lipinski definition) is 3. The minimum atomic E-state index is -1.81. The summed E-state index contributed by atoms with van der Waals surface area (Å²) < 4.78 is 4.38. The first-order chi connectivity index (χ1) is 7.43. The van der Waals surface area contributed by atoms with Crippen LogP contribution in [-0.2, 0) is 19.1 Å². The molecule has 0 unspecified atom stereocenters. The number of carbonyl (C=O) groups is 3. The van der Waals surface area contributed by atoms with E-state index < -0.39 is 35.3 Å². The number of aliphatic hydroxyl groups is 1. The van der Waals surface area contributed by atoms with Crippen molar-refractivity contribution in [2.45, 2.75) is 12.5 Å². The van der Waals surface area contributed by atoms with E-state index in [-0.39, 0.29) is 6.42 Å². The van der Waals surface area contributed by atoms with Gasteiger partial charge in [-0.1, -0.05) is 6.08 Å². The summed E-state index contributed by atoms with van der Waals surface area (Å²) in [4.78, 5) is 31.5. The van der Waals surface area contributed by atoms with Crippen molar-refractivity contribution in [1.29, 1.82) is 0 Å². The molecule has 0 heterocycles. The Bertz CT molecular complexity index is 404. The summed E-state index contributed by atoms with van der Waals surface area (Å²) in [7, 11) is 0. The fourth-order valence-corrected chi connectivity index (χ4v) is 1.14. The van der Waals surface area contributed by atoms with Crippen LogP contribution in [0.5, 0.6) is 0 Å². The van der Waals surface area contributed by atoms with E-state index in [4.69, 9.17) is 10.2 Å². The van der Waals surface area contributed by atoms with Crippen LogP contribution >= 0.6 is 0 Å². The van der Waals surface area contributed by atoms with Crippen LogP contribution in [0, 0.1) is 0 Å². The number of aliphatic hydroxyl groups excluding tert-OH is 1. The van der Waals surface area contributed by atoms with Gasteiger partial charge in [0.25, 0.3) is 0 Å². The number of aliphatic carboxylic acids is 2. The van der Waals surface area contributed by atoms with Crippen LogP contribution in [0.4, 0.5) is 0 Å². The number of rotatable bonds is 2. The third-order valence-corrected chi connectivity index (χ3v) is 1.87. The average molecular weight is 228 g/mol. The van der Waals surface area contributed by atoms with Gasteiger partial charge in [-0.15, -0.1) is 0 Å². The average Bonchev–Trinajstić information content (AvgIpc) is 2.20. The molecular formula is C9H8O7. The molecule has 0 radical (unpaired) electrons. The molecule has 0 amide bonds. The first-order valence-corrected chi connectivity index (χ1v) is 4.20. The Hall–Kier alpha value is -2.31. The molecule has 1 atom stereocenters. The summed E-state index contributed by atoms with van der Waals surface area (Å²) in [5.74, 6) is -5.40. The molecule has 7 heteroatoms. The lowest BCUT2D eigenvalue weighted by Gasteiger charge is -2.18. The van der Waals surface area contributed by atoms with E-state index in [1.165, 1.54) is 6.08 Å². The molecule has 0 fully saturated rings. The Morgan fingerprint density at radius 1 is 1.31 bits per heavy atom. The number of carbonyl (C=O) groups excluding carboxylic acids is 1. The molecule has 1 aliphatic rings. The van der Waals surface area contributed by atoms with Crippen molar-refractivity contribution in [3.63, 3.8) is 0 Å². The quantitative estimate of drug-likeness (QED) is 0.443. The predicted molar refractivity (Wildman–Crippen MR) is 48.6 cm³/mol. The molecule has 0 aromatic carbocycles. The van der Waals surface area contributed by atoms with E-state index in [0.717, 1.165) is 6.08 Å². The standard InChI is InChI=1S/C9H8O7/c10-6-4(7(11)12)2-1-3-5(6)16-9(15)8(13)14/h1-2,5,10H,3H2,(H,11,12)(H,13,14)/t5-/m0/s1. The molecule has 86 valence electrons. The van der Waals surface area contributed by atoms with Crippen LogP contribution in [0.3, 0.4) is 0 Å². The summed E-state index contributed by atoms with van der Waals surface area (Å²) in [6.07, 6.45) is 1.28. The maximum absolute atomic E-state index is 10.7. The highest BCUT2D eigenvalue weighted by Crippen LogP contribution is 2.20. The topological polar surface area (TPSA) is 121 Å². The maximum atomic E-state index is 10.7. The van der Waals surface area contributed by atoms with E-state index in [2.05, 4.69) is 4.74 Å². The predicted octanol–water partition coefficient (Wildman–Crippen LogP) is -0.161. The van der Waals surface area contributed by atoms with E-state index in [9.17, 15) is 19.5 Å². The van der Waals surface area contributed by atoms with Crippen LogP contribution < -0.4 is 0 Å². The van der Waals surface area contributed by atoms with Gasteiger partial charge in [-0.2, -0.15) is 0 Å². The van der Waals surface area contributed by atoms with Gasteiger partial charge in [0, 0.05) is 6.42 Å². The van der Waals surface area contributed by atoms with Gasteiger partial charge in [0.1, 0.15) is 11.3 Å². The highest BCUT2D eigenvalue weighted by atomic mass is 16.6. The van der Waals surface area contributed by atoms with Gasteiger partial charge in [0.2, 0.25) is 0 Å². The molecule has 0 bridgehead atoms. The molecule has 3 N–H and O–H groups in total. The smallest absolute Gasteiger partial charge is 0.418 e. The normalized spacial score (nSPS) is 19.4. The third kappa shape index (κ3) is 2.38. The fourth-order valence-electron chi connectivity index (χ4n) is 1.14. The first kappa shape index (κ1) is 11.8. The molecular weight excluding hydrogens is 220 g/mol. The molecule has 0 spiro atoms. The number of hydrogen-bond acceptors (Lipinski definition) is 5. The van der Waals surface area contributed by atoms with Crippen LogP contribution in [0.1, 0.15) is 6.42 Å². The fraction of sp³-hybridized carbons (Fsp3) is 0.222. The Labute approximate surface area is 89.3 Å². The van der Waals surface area contributed by atoms with E-state index in [0.29, 0.717) is 0 Å². The van der Waals surface area contributed by atoms with E-state index in [1.54, 1.807) is 0 Å². The van der Waals surface area contributed by atoms with Crippen LogP contribution in [-0.4, -0.2) is 39.3 Å². The number of ether oxygens (including phenoxy) is 1. The lowest BCUT2D eigenvalue weighted by Crippen LogP contribution is -2.28. The highest BCUT2D eigenvalue weighted by molar-refractivity contribution is 6.28. The van der Waals surface area contributed by atoms with Gasteiger partial charge in [0.05, 0.1) is 0 Å². The molecule has 1 aliphatic carbocycles. The van der Waals surface area contributed by atoms with E-state index in [1.807, 2.05) is 0 Å². The van der Waals surface area contributed by atoms with Gasteiger partial charge >= 0.3 is 17.9 Å². The number of carboxylic acids is 2. The first-order valence-electron chi connectivity index (χ1n) is 4.20. The van der Waals surface area contributed by atoms with Gasteiger partial charge < -0.3 is 20.1 Å². The summed E-state index contributed by atoms with van der Waals surface area (Å²) in [5, 5.41) is 26.3. The minimum absolute atomic E-state index is 0.0294. The summed E-state index contributed by atoms with van der Waals surface area (Å²) >= 11 is 0. The van der Waals surface area contributed by atoms with Crippen molar-refractivity contribution in [2.75, 3.05) is 0 Å². The second-order valence-corrected chi connectivity index (χ2v) is 2.94. The lowest BCUT2D eigenvalue weighted by molar-refractivity contribution is -0.167. The number of carboxylic acid groups (broad SMARTS) is 2. The highest BCUT2D eigenvalue weighted by Gasteiger charge is 2.28. The van der Waals surface area contributed by atoms with Crippen molar-refractivity contribution in [1.82, 2.24) is 0 Å². The summed E-state index contributed by atoms with van der Waals surface area (Å²) in [6, 6.07) is 0.